The number of benzene rings is 2. The molecule has 0 spiro atoms. The van der Waals surface area contributed by atoms with Crippen LogP contribution in [0.1, 0.15) is 42.5 Å². The highest BCUT2D eigenvalue weighted by atomic mass is 16.6. The van der Waals surface area contributed by atoms with E-state index in [0.717, 1.165) is 12.8 Å². The lowest BCUT2D eigenvalue weighted by Gasteiger charge is -2.25. The molecule has 146 valence electrons. The number of carbonyl (C=O) groups is 2. The number of rotatable bonds is 4. The van der Waals surface area contributed by atoms with Crippen molar-refractivity contribution >= 4 is 17.5 Å². The van der Waals surface area contributed by atoms with Gasteiger partial charge >= 0.3 is 0 Å². The Morgan fingerprint density at radius 2 is 1.61 bits per heavy atom. The van der Waals surface area contributed by atoms with Gasteiger partial charge in [-0.3, -0.25) is 9.59 Å². The van der Waals surface area contributed by atoms with Crippen molar-refractivity contribution < 1.29 is 19.1 Å². The summed E-state index contributed by atoms with van der Waals surface area (Å²) < 4.78 is 11.3. The third-order valence-electron chi connectivity index (χ3n) is 5.16. The van der Waals surface area contributed by atoms with Gasteiger partial charge in [0.2, 0.25) is 6.10 Å². The van der Waals surface area contributed by atoms with Gasteiger partial charge in [-0.2, -0.15) is 0 Å². The Morgan fingerprint density at radius 1 is 0.893 bits per heavy atom. The minimum absolute atomic E-state index is 0.0644. The highest BCUT2D eigenvalue weighted by molar-refractivity contribution is 5.97. The normalized spacial score (nSPS) is 18.9. The summed E-state index contributed by atoms with van der Waals surface area (Å²) in [5.41, 5.74) is 1.21. The minimum atomic E-state index is -0.718. The molecular formula is C22H24N2O4. The molecule has 2 aromatic carbocycles. The fourth-order valence-corrected chi connectivity index (χ4v) is 3.59. The Morgan fingerprint density at radius 3 is 2.36 bits per heavy atom. The molecule has 1 heterocycles. The number of nitrogens with one attached hydrogen (secondary N) is 2. The standard InChI is InChI=1S/C22H24N2O4/c25-21(23-16-6-2-1-3-7-16)15-10-12-17(13-11-15)24-22(26)20-14-27-18-8-4-5-9-19(18)28-20/h4-5,8-13,16,20H,1-3,6-7,14H2,(H,23,25)(H,24,26). The molecule has 2 amide bonds. The summed E-state index contributed by atoms with van der Waals surface area (Å²) in [7, 11) is 0. The van der Waals surface area contributed by atoms with Crippen molar-refractivity contribution in [3.8, 4) is 11.5 Å². The molecule has 6 nitrogen and oxygen atoms in total. The topological polar surface area (TPSA) is 76.7 Å². The lowest BCUT2D eigenvalue weighted by atomic mass is 9.95. The molecule has 2 aromatic rings. The van der Waals surface area contributed by atoms with Gasteiger partial charge in [0.1, 0.15) is 6.61 Å². The van der Waals surface area contributed by atoms with E-state index >= 15 is 0 Å². The molecule has 2 aliphatic rings. The molecular weight excluding hydrogens is 356 g/mol. The molecule has 0 radical (unpaired) electrons. The average molecular weight is 380 g/mol. The molecule has 1 saturated carbocycles. The molecule has 0 saturated heterocycles. The van der Waals surface area contributed by atoms with Crippen molar-refractivity contribution in [3.63, 3.8) is 0 Å². The van der Waals surface area contributed by atoms with Crippen LogP contribution in [-0.4, -0.2) is 30.6 Å². The molecule has 0 aromatic heterocycles. The molecule has 28 heavy (non-hydrogen) atoms. The highest BCUT2D eigenvalue weighted by Crippen LogP contribution is 2.31. The molecule has 1 atom stereocenters. The summed E-state index contributed by atoms with van der Waals surface area (Å²) in [6, 6.07) is 14.4. The van der Waals surface area contributed by atoms with E-state index in [9.17, 15) is 9.59 Å². The van der Waals surface area contributed by atoms with Crippen molar-refractivity contribution in [2.45, 2.75) is 44.2 Å². The quantitative estimate of drug-likeness (QED) is 0.851. The second kappa shape index (κ2) is 8.33. The SMILES string of the molecule is O=C(NC1CCCCC1)c1ccc(NC(=O)C2COc3ccccc3O2)cc1. The summed E-state index contributed by atoms with van der Waals surface area (Å²) in [4.78, 5) is 24.8. The van der Waals surface area contributed by atoms with Crippen LogP contribution in [0.3, 0.4) is 0 Å². The summed E-state index contributed by atoms with van der Waals surface area (Å²) in [5.74, 6) is 0.850. The largest absolute Gasteiger partial charge is 0.485 e. The molecule has 0 bridgehead atoms. The van der Waals surface area contributed by atoms with Crippen LogP contribution in [0.4, 0.5) is 5.69 Å². The number of amides is 2. The zero-order valence-corrected chi connectivity index (χ0v) is 15.6. The first kappa shape index (κ1) is 18.3. The monoisotopic (exact) mass is 380 g/mol. The third-order valence-corrected chi connectivity index (χ3v) is 5.16. The minimum Gasteiger partial charge on any atom is -0.485 e. The maximum Gasteiger partial charge on any atom is 0.269 e. The molecule has 2 N–H and O–H groups in total. The molecule has 1 aliphatic heterocycles. The van der Waals surface area contributed by atoms with Crippen LogP contribution in [0, 0.1) is 0 Å². The van der Waals surface area contributed by atoms with Gasteiger partial charge in [-0.25, -0.2) is 0 Å². The number of ether oxygens (including phenoxy) is 2. The molecule has 6 heteroatoms. The summed E-state index contributed by atoms with van der Waals surface area (Å²) in [6.07, 6.45) is 4.98. The number of hydrogen-bond donors (Lipinski definition) is 2. The molecule has 1 aliphatic carbocycles. The Hall–Kier alpha value is -3.02. The predicted molar refractivity (Wildman–Crippen MR) is 106 cm³/mol. The van der Waals surface area contributed by atoms with Crippen LogP contribution < -0.4 is 20.1 Å². The van der Waals surface area contributed by atoms with Gasteiger partial charge < -0.3 is 20.1 Å². The van der Waals surface area contributed by atoms with Crippen molar-refractivity contribution in [1.82, 2.24) is 5.32 Å². The van der Waals surface area contributed by atoms with E-state index in [1.165, 1.54) is 19.3 Å². The van der Waals surface area contributed by atoms with E-state index in [4.69, 9.17) is 9.47 Å². The van der Waals surface area contributed by atoms with Crippen LogP contribution >= 0.6 is 0 Å². The van der Waals surface area contributed by atoms with E-state index in [2.05, 4.69) is 10.6 Å². The second-order valence-corrected chi connectivity index (χ2v) is 7.24. The van der Waals surface area contributed by atoms with Gasteiger partial charge in [-0.1, -0.05) is 31.4 Å². The smallest absolute Gasteiger partial charge is 0.269 e. The Bertz CT molecular complexity index is 844. The second-order valence-electron chi connectivity index (χ2n) is 7.24. The van der Waals surface area contributed by atoms with E-state index in [1.807, 2.05) is 12.1 Å². The number of carbonyl (C=O) groups excluding carboxylic acids is 2. The number of fused-ring (bicyclic) bond motifs is 1. The molecule has 1 unspecified atom stereocenters. The summed E-state index contributed by atoms with van der Waals surface area (Å²) in [5, 5.41) is 5.91. The predicted octanol–water partition coefficient (Wildman–Crippen LogP) is 3.53. The van der Waals surface area contributed by atoms with Crippen molar-refractivity contribution in [1.29, 1.82) is 0 Å². The fourth-order valence-electron chi connectivity index (χ4n) is 3.59. The van der Waals surface area contributed by atoms with Gasteiger partial charge in [-0.15, -0.1) is 0 Å². The Kier molecular flexibility index (Phi) is 5.46. The average Bonchev–Trinajstić information content (AvgIpc) is 2.74. The maximum absolute atomic E-state index is 12.5. The number of hydrogen-bond acceptors (Lipinski definition) is 4. The van der Waals surface area contributed by atoms with E-state index in [-0.39, 0.29) is 24.5 Å². The summed E-state index contributed by atoms with van der Waals surface area (Å²) >= 11 is 0. The fraction of sp³-hybridized carbons (Fsp3) is 0.364. The van der Waals surface area contributed by atoms with Gasteiger partial charge in [-0.05, 0) is 49.2 Å². The van der Waals surface area contributed by atoms with Crippen molar-refractivity contribution in [2.24, 2.45) is 0 Å². The number of anilines is 1. The van der Waals surface area contributed by atoms with Crippen LogP contribution in [-0.2, 0) is 4.79 Å². The van der Waals surface area contributed by atoms with Gasteiger partial charge in [0.15, 0.2) is 11.5 Å². The zero-order valence-electron chi connectivity index (χ0n) is 15.6. The van der Waals surface area contributed by atoms with Crippen LogP contribution in [0.5, 0.6) is 11.5 Å². The zero-order chi connectivity index (χ0) is 19.3. The summed E-state index contributed by atoms with van der Waals surface area (Å²) in [6.45, 7) is 0.157. The van der Waals surface area contributed by atoms with Crippen LogP contribution in [0.25, 0.3) is 0 Å². The Balaban J connectivity index is 1.33. The molecule has 1 fully saturated rings. The first-order valence-corrected chi connectivity index (χ1v) is 9.79. The third kappa shape index (κ3) is 4.27. The van der Waals surface area contributed by atoms with Crippen LogP contribution in [0.15, 0.2) is 48.5 Å². The molecule has 4 rings (SSSR count). The van der Waals surface area contributed by atoms with Gasteiger partial charge in [0.05, 0.1) is 0 Å². The van der Waals surface area contributed by atoms with Crippen LogP contribution in [0.2, 0.25) is 0 Å². The van der Waals surface area contributed by atoms with Crippen molar-refractivity contribution in [3.05, 3.63) is 54.1 Å². The van der Waals surface area contributed by atoms with Gasteiger partial charge in [0.25, 0.3) is 11.8 Å². The Labute approximate surface area is 164 Å². The highest BCUT2D eigenvalue weighted by Gasteiger charge is 2.27. The van der Waals surface area contributed by atoms with E-state index < -0.39 is 6.10 Å². The number of para-hydroxylation sites is 2. The van der Waals surface area contributed by atoms with E-state index in [0.29, 0.717) is 22.7 Å². The lowest BCUT2D eigenvalue weighted by Crippen LogP contribution is -2.40. The lowest BCUT2D eigenvalue weighted by molar-refractivity contribution is -0.125. The van der Waals surface area contributed by atoms with Gasteiger partial charge in [0, 0.05) is 17.3 Å². The van der Waals surface area contributed by atoms with Crippen molar-refractivity contribution in [2.75, 3.05) is 11.9 Å². The first-order valence-electron chi connectivity index (χ1n) is 9.79. The maximum atomic E-state index is 12.5. The van der Waals surface area contributed by atoms with E-state index in [1.54, 1.807) is 36.4 Å². The first-order chi connectivity index (χ1) is 13.7.